The standard InChI is InChI=1S/C15H18Cl2N4O/c1-7(2)19-14(22)11-8-3-4-9(5-8)12(11)20-13-10(16)6-18-15(17)21-13/h3-4,6-9,11-12H,5H2,1-2H3,(H,19,22)(H,18,20,21)/t8-,9+,11+,12-/m0/s1. The van der Waals surface area contributed by atoms with Gasteiger partial charge in [0.15, 0.2) is 0 Å². The fourth-order valence-electron chi connectivity index (χ4n) is 3.36. The van der Waals surface area contributed by atoms with Crippen molar-refractivity contribution in [2.24, 2.45) is 17.8 Å². The second-order valence-electron chi connectivity index (χ2n) is 6.14. The van der Waals surface area contributed by atoms with Gasteiger partial charge in [0.05, 0.1) is 12.1 Å². The molecule has 4 atom stereocenters. The third-order valence-electron chi connectivity index (χ3n) is 4.21. The van der Waals surface area contributed by atoms with Crippen LogP contribution in [-0.4, -0.2) is 28.0 Å². The molecule has 2 aliphatic carbocycles. The van der Waals surface area contributed by atoms with Gasteiger partial charge < -0.3 is 10.6 Å². The second-order valence-corrected chi connectivity index (χ2v) is 6.89. The van der Waals surface area contributed by atoms with Crippen LogP contribution in [0.15, 0.2) is 18.3 Å². The maximum absolute atomic E-state index is 12.5. The van der Waals surface area contributed by atoms with E-state index in [-0.39, 0.29) is 35.1 Å². The molecule has 0 saturated heterocycles. The highest BCUT2D eigenvalue weighted by Crippen LogP contribution is 2.45. The SMILES string of the molecule is CC(C)NC(=O)[C@H]1[C@@H](Nc2nc(Cl)ncc2Cl)[C@@H]2C=C[C@H]1C2. The molecule has 3 rings (SSSR count). The van der Waals surface area contributed by atoms with Gasteiger partial charge in [0, 0.05) is 12.1 Å². The fourth-order valence-corrected chi connectivity index (χ4v) is 3.64. The number of rotatable bonds is 4. The van der Waals surface area contributed by atoms with Gasteiger partial charge in [0.25, 0.3) is 0 Å². The lowest BCUT2D eigenvalue weighted by atomic mass is 9.88. The van der Waals surface area contributed by atoms with Crippen molar-refractivity contribution in [3.63, 3.8) is 0 Å². The van der Waals surface area contributed by atoms with Gasteiger partial charge in [-0.05, 0) is 43.7 Å². The van der Waals surface area contributed by atoms with Crippen molar-refractivity contribution >= 4 is 34.9 Å². The first-order chi connectivity index (χ1) is 10.5. The molecule has 1 aromatic rings. The molecule has 2 aliphatic rings. The molecule has 7 heteroatoms. The Hall–Kier alpha value is -1.33. The Labute approximate surface area is 139 Å². The van der Waals surface area contributed by atoms with Crippen LogP contribution in [-0.2, 0) is 4.79 Å². The number of fused-ring (bicyclic) bond motifs is 2. The predicted octanol–water partition coefficient (Wildman–Crippen LogP) is 2.91. The van der Waals surface area contributed by atoms with Crippen LogP contribution in [0.3, 0.4) is 0 Å². The van der Waals surface area contributed by atoms with E-state index in [1.54, 1.807) is 0 Å². The molecule has 0 aliphatic heterocycles. The molecular weight excluding hydrogens is 323 g/mol. The third kappa shape index (κ3) is 2.92. The first-order valence-corrected chi connectivity index (χ1v) is 8.14. The van der Waals surface area contributed by atoms with Crippen molar-refractivity contribution in [1.29, 1.82) is 0 Å². The Bertz CT molecular complexity index is 620. The highest BCUT2D eigenvalue weighted by Gasteiger charge is 2.48. The Kier molecular flexibility index (Phi) is 4.28. The van der Waals surface area contributed by atoms with Crippen LogP contribution in [0.4, 0.5) is 5.82 Å². The van der Waals surface area contributed by atoms with E-state index in [1.165, 1.54) is 6.20 Å². The summed E-state index contributed by atoms with van der Waals surface area (Å²) in [4.78, 5) is 20.5. The Balaban J connectivity index is 1.83. The van der Waals surface area contributed by atoms with Gasteiger partial charge in [-0.2, -0.15) is 4.98 Å². The maximum Gasteiger partial charge on any atom is 0.226 e. The molecule has 1 fully saturated rings. The number of nitrogens with one attached hydrogen (secondary N) is 2. The van der Waals surface area contributed by atoms with Gasteiger partial charge in [-0.15, -0.1) is 0 Å². The predicted molar refractivity (Wildman–Crippen MR) is 87.0 cm³/mol. The lowest BCUT2D eigenvalue weighted by Gasteiger charge is -2.29. The number of allylic oxidation sites excluding steroid dienone is 1. The monoisotopic (exact) mass is 340 g/mol. The van der Waals surface area contributed by atoms with Crippen LogP contribution in [0, 0.1) is 17.8 Å². The van der Waals surface area contributed by atoms with Crippen LogP contribution >= 0.6 is 23.2 Å². The summed E-state index contributed by atoms with van der Waals surface area (Å²) in [5.41, 5.74) is 0. The maximum atomic E-state index is 12.5. The van der Waals surface area contributed by atoms with E-state index in [0.717, 1.165) is 6.42 Å². The molecule has 0 aromatic carbocycles. The average molecular weight is 341 g/mol. The third-order valence-corrected chi connectivity index (χ3v) is 4.67. The van der Waals surface area contributed by atoms with E-state index in [1.807, 2.05) is 13.8 Å². The number of carbonyl (C=O) groups is 1. The lowest BCUT2D eigenvalue weighted by Crippen LogP contribution is -2.45. The van der Waals surface area contributed by atoms with Crippen molar-refractivity contribution in [2.75, 3.05) is 5.32 Å². The molecule has 118 valence electrons. The molecular formula is C15H18Cl2N4O. The first kappa shape index (κ1) is 15.6. The number of nitrogens with zero attached hydrogens (tertiary/aromatic N) is 2. The molecule has 2 N–H and O–H groups in total. The highest BCUT2D eigenvalue weighted by molar-refractivity contribution is 6.33. The summed E-state index contributed by atoms with van der Waals surface area (Å²) in [5, 5.41) is 6.85. The number of aromatic nitrogens is 2. The molecule has 22 heavy (non-hydrogen) atoms. The molecule has 2 bridgehead atoms. The summed E-state index contributed by atoms with van der Waals surface area (Å²) >= 11 is 12.0. The van der Waals surface area contributed by atoms with E-state index in [9.17, 15) is 4.79 Å². The normalized spacial score (nSPS) is 29.1. The number of anilines is 1. The van der Waals surface area contributed by atoms with Crippen LogP contribution in [0.25, 0.3) is 0 Å². The summed E-state index contributed by atoms with van der Waals surface area (Å²) in [6.45, 7) is 3.93. The zero-order chi connectivity index (χ0) is 15.9. The molecule has 0 unspecified atom stereocenters. The number of hydrogen-bond acceptors (Lipinski definition) is 4. The van der Waals surface area contributed by atoms with Gasteiger partial charge in [-0.1, -0.05) is 23.8 Å². The van der Waals surface area contributed by atoms with E-state index in [4.69, 9.17) is 23.2 Å². The van der Waals surface area contributed by atoms with Crippen molar-refractivity contribution in [1.82, 2.24) is 15.3 Å². The minimum absolute atomic E-state index is 0.0304. The van der Waals surface area contributed by atoms with Gasteiger partial charge in [-0.25, -0.2) is 4.98 Å². The molecule has 1 aromatic heterocycles. The highest BCUT2D eigenvalue weighted by atomic mass is 35.5. The summed E-state index contributed by atoms with van der Waals surface area (Å²) in [5.74, 6) is 0.993. The van der Waals surface area contributed by atoms with Crippen molar-refractivity contribution < 1.29 is 4.79 Å². The van der Waals surface area contributed by atoms with Crippen LogP contribution in [0.2, 0.25) is 10.3 Å². The molecule has 5 nitrogen and oxygen atoms in total. The van der Waals surface area contributed by atoms with E-state index in [0.29, 0.717) is 16.8 Å². The van der Waals surface area contributed by atoms with Gasteiger partial charge in [-0.3, -0.25) is 4.79 Å². The van der Waals surface area contributed by atoms with Crippen LogP contribution in [0.5, 0.6) is 0 Å². The zero-order valence-electron chi connectivity index (χ0n) is 12.4. The summed E-state index contributed by atoms with van der Waals surface area (Å²) in [6.07, 6.45) is 6.75. The quantitative estimate of drug-likeness (QED) is 0.653. The van der Waals surface area contributed by atoms with Gasteiger partial charge in [0.1, 0.15) is 10.8 Å². The van der Waals surface area contributed by atoms with Crippen molar-refractivity contribution in [3.8, 4) is 0 Å². The molecule has 0 radical (unpaired) electrons. The molecule has 1 amide bonds. The minimum atomic E-state index is -0.123. The summed E-state index contributed by atoms with van der Waals surface area (Å²) < 4.78 is 0. The molecule has 1 saturated carbocycles. The number of carbonyl (C=O) groups excluding carboxylic acids is 1. The topological polar surface area (TPSA) is 66.9 Å². The van der Waals surface area contributed by atoms with Crippen LogP contribution < -0.4 is 10.6 Å². The number of halogens is 2. The Morgan fingerprint density at radius 1 is 1.32 bits per heavy atom. The largest absolute Gasteiger partial charge is 0.365 e. The molecule has 0 spiro atoms. The second kappa shape index (κ2) is 6.05. The van der Waals surface area contributed by atoms with E-state index >= 15 is 0 Å². The van der Waals surface area contributed by atoms with E-state index < -0.39 is 0 Å². The minimum Gasteiger partial charge on any atom is -0.365 e. The Morgan fingerprint density at radius 3 is 2.77 bits per heavy atom. The first-order valence-electron chi connectivity index (χ1n) is 7.39. The van der Waals surface area contributed by atoms with Gasteiger partial charge in [0.2, 0.25) is 11.2 Å². The average Bonchev–Trinajstić information content (AvgIpc) is 3.03. The lowest BCUT2D eigenvalue weighted by molar-refractivity contribution is -0.126. The van der Waals surface area contributed by atoms with E-state index in [2.05, 4.69) is 32.8 Å². The zero-order valence-corrected chi connectivity index (χ0v) is 13.9. The van der Waals surface area contributed by atoms with Crippen LogP contribution in [0.1, 0.15) is 20.3 Å². The molecule has 1 heterocycles. The summed E-state index contributed by atoms with van der Waals surface area (Å²) in [6, 6.07) is 0.0885. The smallest absolute Gasteiger partial charge is 0.226 e. The Morgan fingerprint density at radius 2 is 2.05 bits per heavy atom. The van der Waals surface area contributed by atoms with Crippen molar-refractivity contribution in [2.45, 2.75) is 32.4 Å². The number of amides is 1. The summed E-state index contributed by atoms with van der Waals surface area (Å²) in [7, 11) is 0. The fraction of sp³-hybridized carbons (Fsp3) is 0.533. The number of hydrogen-bond donors (Lipinski definition) is 2. The van der Waals surface area contributed by atoms with Crippen molar-refractivity contribution in [3.05, 3.63) is 28.7 Å². The van der Waals surface area contributed by atoms with Gasteiger partial charge >= 0.3 is 0 Å².